The summed E-state index contributed by atoms with van der Waals surface area (Å²) in [7, 11) is -3.75. The zero-order chi connectivity index (χ0) is 23.6. The first kappa shape index (κ1) is 23.1. The van der Waals surface area contributed by atoms with E-state index < -0.39 is 15.9 Å². The van der Waals surface area contributed by atoms with E-state index in [1.54, 1.807) is 24.5 Å². The van der Waals surface area contributed by atoms with Crippen LogP contribution in [-0.2, 0) is 21.3 Å². The number of aromatic nitrogens is 3. The minimum absolute atomic E-state index is 0.0845. The summed E-state index contributed by atoms with van der Waals surface area (Å²) in [5.74, 6) is 0.306. The van der Waals surface area contributed by atoms with Gasteiger partial charge in [-0.25, -0.2) is 8.42 Å². The summed E-state index contributed by atoms with van der Waals surface area (Å²) in [5.41, 5.74) is 1.65. The third kappa shape index (κ3) is 4.97. The van der Waals surface area contributed by atoms with Gasteiger partial charge in [-0.05, 0) is 51.1 Å². The molecular weight excluding hydrogens is 442 g/mol. The molecule has 0 bridgehead atoms. The van der Waals surface area contributed by atoms with E-state index in [0.29, 0.717) is 11.5 Å². The Labute approximate surface area is 193 Å². The van der Waals surface area contributed by atoms with Gasteiger partial charge in [0.1, 0.15) is 6.33 Å². The van der Waals surface area contributed by atoms with Crippen molar-refractivity contribution in [2.75, 3.05) is 18.4 Å². The van der Waals surface area contributed by atoms with E-state index in [1.807, 2.05) is 43.5 Å². The molecule has 0 spiro atoms. The van der Waals surface area contributed by atoms with Crippen molar-refractivity contribution in [3.8, 4) is 11.4 Å². The number of carbonyl (C=O) groups excluding carboxylic acids is 1. The summed E-state index contributed by atoms with van der Waals surface area (Å²) in [4.78, 5) is 13.0. The predicted octanol–water partition coefficient (Wildman–Crippen LogP) is 3.02. The molecular formula is C23H27N5O4S. The molecule has 2 atom stereocenters. The molecule has 2 unspecified atom stereocenters. The molecule has 1 aliphatic rings. The lowest BCUT2D eigenvalue weighted by atomic mass is 10.1. The number of morpholine rings is 1. The Balaban J connectivity index is 1.55. The van der Waals surface area contributed by atoms with Crippen molar-refractivity contribution in [1.82, 2.24) is 19.1 Å². The smallest absolute Gasteiger partial charge is 0.255 e. The molecule has 174 valence electrons. The number of nitrogens with one attached hydrogen (secondary N) is 1. The molecule has 1 aliphatic heterocycles. The third-order valence-electron chi connectivity index (χ3n) is 5.45. The summed E-state index contributed by atoms with van der Waals surface area (Å²) < 4.78 is 35.3. The van der Waals surface area contributed by atoms with Crippen molar-refractivity contribution < 1.29 is 17.9 Å². The molecule has 10 heteroatoms. The molecule has 1 amide bonds. The molecule has 1 aromatic heterocycles. The quantitative estimate of drug-likeness (QED) is 0.595. The number of benzene rings is 2. The second-order valence-electron chi connectivity index (χ2n) is 8.08. The molecule has 33 heavy (non-hydrogen) atoms. The lowest BCUT2D eigenvalue weighted by Crippen LogP contribution is -2.48. The molecule has 0 saturated carbocycles. The van der Waals surface area contributed by atoms with Gasteiger partial charge in [-0.15, -0.1) is 10.2 Å². The van der Waals surface area contributed by atoms with Gasteiger partial charge in [0, 0.05) is 36.4 Å². The highest BCUT2D eigenvalue weighted by atomic mass is 32.2. The number of nitrogens with zero attached hydrogens (tertiary/aromatic N) is 4. The van der Waals surface area contributed by atoms with Gasteiger partial charge in [0.25, 0.3) is 5.91 Å². The van der Waals surface area contributed by atoms with E-state index >= 15 is 0 Å². The van der Waals surface area contributed by atoms with E-state index in [-0.39, 0.29) is 35.8 Å². The summed E-state index contributed by atoms with van der Waals surface area (Å²) in [5, 5.41) is 10.9. The number of sulfonamides is 1. The number of ether oxygens (including phenoxy) is 1. The van der Waals surface area contributed by atoms with E-state index in [4.69, 9.17) is 4.74 Å². The average molecular weight is 470 g/mol. The maximum atomic E-state index is 13.2. The van der Waals surface area contributed by atoms with Crippen LogP contribution in [0.1, 0.15) is 31.1 Å². The Hall–Kier alpha value is -3.08. The first-order chi connectivity index (χ1) is 15.8. The van der Waals surface area contributed by atoms with Gasteiger partial charge >= 0.3 is 0 Å². The number of hydrogen-bond acceptors (Lipinski definition) is 6. The molecule has 9 nitrogen and oxygen atoms in total. The maximum Gasteiger partial charge on any atom is 0.255 e. The van der Waals surface area contributed by atoms with Crippen LogP contribution in [0.3, 0.4) is 0 Å². The lowest BCUT2D eigenvalue weighted by molar-refractivity contribution is -0.0440. The van der Waals surface area contributed by atoms with Crippen molar-refractivity contribution in [2.45, 2.75) is 44.4 Å². The van der Waals surface area contributed by atoms with Gasteiger partial charge in [-0.1, -0.05) is 18.2 Å². The largest absolute Gasteiger partial charge is 0.373 e. The highest BCUT2D eigenvalue weighted by molar-refractivity contribution is 7.89. The molecule has 1 saturated heterocycles. The Morgan fingerprint density at radius 2 is 1.85 bits per heavy atom. The summed E-state index contributed by atoms with van der Waals surface area (Å²) in [6.45, 7) is 6.97. The highest BCUT2D eigenvalue weighted by Crippen LogP contribution is 2.24. The number of carbonyl (C=O) groups is 1. The fourth-order valence-electron chi connectivity index (χ4n) is 3.92. The maximum absolute atomic E-state index is 13.2. The number of anilines is 1. The van der Waals surface area contributed by atoms with Crippen LogP contribution in [-0.4, -0.2) is 58.7 Å². The summed E-state index contributed by atoms with van der Waals surface area (Å²) in [6, 6.07) is 13.4. The van der Waals surface area contributed by atoms with Gasteiger partial charge in [0.15, 0.2) is 5.82 Å². The minimum atomic E-state index is -3.75. The normalized spacial score (nSPS) is 19.4. The van der Waals surface area contributed by atoms with Gasteiger partial charge in [-0.2, -0.15) is 4.31 Å². The van der Waals surface area contributed by atoms with Crippen molar-refractivity contribution in [3.05, 3.63) is 60.4 Å². The summed E-state index contributed by atoms with van der Waals surface area (Å²) in [6.07, 6.45) is 1.27. The van der Waals surface area contributed by atoms with Gasteiger partial charge in [0.2, 0.25) is 10.0 Å². The molecule has 2 heterocycles. The van der Waals surface area contributed by atoms with Gasteiger partial charge in [-0.3, -0.25) is 4.79 Å². The molecule has 1 N–H and O–H groups in total. The first-order valence-corrected chi connectivity index (χ1v) is 12.3. The molecule has 0 aliphatic carbocycles. The standard InChI is InChI=1S/C23H27N5O4S/c1-4-27-15-24-26-22(27)18-7-5-9-20(11-18)25-23(29)19-8-6-10-21(12-19)33(30,31)28-13-16(2)32-17(3)14-28/h5-12,15-17H,4,13-14H2,1-3H3,(H,25,29). The topological polar surface area (TPSA) is 106 Å². The fraction of sp³-hybridized carbons (Fsp3) is 0.348. The second-order valence-corrected chi connectivity index (χ2v) is 10.0. The second kappa shape index (κ2) is 9.42. The highest BCUT2D eigenvalue weighted by Gasteiger charge is 2.32. The number of hydrogen-bond donors (Lipinski definition) is 1. The Kier molecular flexibility index (Phi) is 6.59. The van der Waals surface area contributed by atoms with Crippen molar-refractivity contribution in [3.63, 3.8) is 0 Å². The molecule has 3 aromatic rings. The Morgan fingerprint density at radius 1 is 1.12 bits per heavy atom. The average Bonchev–Trinajstić information content (AvgIpc) is 3.28. The zero-order valence-corrected chi connectivity index (χ0v) is 19.6. The summed E-state index contributed by atoms with van der Waals surface area (Å²) >= 11 is 0. The van der Waals surface area contributed by atoms with E-state index in [0.717, 1.165) is 12.1 Å². The van der Waals surface area contributed by atoms with Gasteiger partial charge < -0.3 is 14.6 Å². The predicted molar refractivity (Wildman–Crippen MR) is 124 cm³/mol. The Bertz CT molecular complexity index is 1250. The lowest BCUT2D eigenvalue weighted by Gasteiger charge is -2.34. The van der Waals surface area contributed by atoms with Crippen LogP contribution in [0, 0.1) is 0 Å². The SMILES string of the molecule is CCn1cnnc1-c1cccc(NC(=O)c2cccc(S(=O)(=O)N3CC(C)OC(C)C3)c2)c1. The number of amides is 1. The van der Waals surface area contributed by atoms with Crippen LogP contribution in [0.5, 0.6) is 0 Å². The molecule has 2 aromatic carbocycles. The number of aryl methyl sites for hydroxylation is 1. The van der Waals surface area contributed by atoms with Crippen LogP contribution >= 0.6 is 0 Å². The van der Waals surface area contributed by atoms with Crippen LogP contribution < -0.4 is 5.32 Å². The molecule has 4 rings (SSSR count). The van der Waals surface area contributed by atoms with E-state index in [9.17, 15) is 13.2 Å². The van der Waals surface area contributed by atoms with Crippen LogP contribution in [0.4, 0.5) is 5.69 Å². The van der Waals surface area contributed by atoms with Crippen molar-refractivity contribution in [2.24, 2.45) is 0 Å². The van der Waals surface area contributed by atoms with Gasteiger partial charge in [0.05, 0.1) is 17.1 Å². The van der Waals surface area contributed by atoms with Crippen molar-refractivity contribution in [1.29, 1.82) is 0 Å². The number of rotatable bonds is 6. The van der Waals surface area contributed by atoms with Crippen LogP contribution in [0.25, 0.3) is 11.4 Å². The minimum Gasteiger partial charge on any atom is -0.373 e. The molecule has 0 radical (unpaired) electrons. The van der Waals surface area contributed by atoms with E-state index in [2.05, 4.69) is 15.5 Å². The van der Waals surface area contributed by atoms with Crippen LogP contribution in [0.15, 0.2) is 59.8 Å². The fourth-order valence-corrected chi connectivity index (χ4v) is 5.56. The third-order valence-corrected chi connectivity index (χ3v) is 7.28. The first-order valence-electron chi connectivity index (χ1n) is 10.8. The Morgan fingerprint density at radius 3 is 2.58 bits per heavy atom. The van der Waals surface area contributed by atoms with E-state index in [1.165, 1.54) is 16.4 Å². The zero-order valence-electron chi connectivity index (χ0n) is 18.8. The monoisotopic (exact) mass is 469 g/mol. The molecule has 1 fully saturated rings. The van der Waals surface area contributed by atoms with Crippen molar-refractivity contribution >= 4 is 21.6 Å². The van der Waals surface area contributed by atoms with Crippen LogP contribution in [0.2, 0.25) is 0 Å².